The lowest BCUT2D eigenvalue weighted by Gasteiger charge is -2.08. The zero-order chi connectivity index (χ0) is 14.6. The predicted molar refractivity (Wildman–Crippen MR) is 64.6 cm³/mol. The highest BCUT2D eigenvalue weighted by Crippen LogP contribution is 2.17. The van der Waals surface area contributed by atoms with Gasteiger partial charge in [0.2, 0.25) is 0 Å². The first-order chi connectivity index (χ1) is 8.73. The number of nitro groups is 1. The predicted octanol–water partition coefficient (Wildman–Crippen LogP) is -0.00350. The Morgan fingerprint density at radius 2 is 2.00 bits per heavy atom. The molecule has 0 aliphatic heterocycles. The molecule has 0 fully saturated rings. The molecule has 1 rings (SSSR count). The van der Waals surface area contributed by atoms with Crippen LogP contribution in [0.5, 0.6) is 0 Å². The van der Waals surface area contributed by atoms with Gasteiger partial charge in [0.1, 0.15) is 0 Å². The largest absolute Gasteiger partial charge is 0.364 e. The van der Waals surface area contributed by atoms with Crippen molar-refractivity contribution >= 4 is 16.0 Å². The minimum Gasteiger partial charge on any atom is -0.364 e. The van der Waals surface area contributed by atoms with E-state index < -0.39 is 27.0 Å². The van der Waals surface area contributed by atoms with Gasteiger partial charge in [-0.25, -0.2) is 0 Å². The summed E-state index contributed by atoms with van der Waals surface area (Å²) >= 11 is 0. The smallest absolute Gasteiger partial charge is 0.294 e. The molecule has 3 N–H and O–H groups in total. The van der Waals surface area contributed by atoms with Crippen molar-refractivity contribution in [2.24, 2.45) is 5.73 Å². The minimum atomic E-state index is -4.41. The number of nitrogens with two attached hydrogens (primary N) is 1. The van der Waals surface area contributed by atoms with Gasteiger partial charge in [-0.15, -0.1) is 0 Å². The molecule has 0 spiro atoms. The fourth-order valence-corrected chi connectivity index (χ4v) is 2.36. The Kier molecular flexibility index (Phi) is 4.57. The van der Waals surface area contributed by atoms with Gasteiger partial charge in [0, 0.05) is 11.3 Å². The summed E-state index contributed by atoms with van der Waals surface area (Å²) < 4.78 is 31.2. The summed E-state index contributed by atoms with van der Waals surface area (Å²) in [6.45, 7) is 0. The normalized spacial score (nSPS) is 12.9. The lowest BCUT2D eigenvalue weighted by atomic mass is 10.1. The molecule has 9 heteroatoms. The van der Waals surface area contributed by atoms with E-state index in [0.29, 0.717) is 0 Å². The van der Waals surface area contributed by atoms with Crippen LogP contribution in [0.4, 0.5) is 0 Å². The van der Waals surface area contributed by atoms with Crippen LogP contribution in [0.15, 0.2) is 29.2 Å². The molecule has 0 aliphatic rings. The third kappa shape index (κ3) is 4.00. The van der Waals surface area contributed by atoms with Crippen molar-refractivity contribution in [2.75, 3.05) is 0 Å². The summed E-state index contributed by atoms with van der Waals surface area (Å²) in [5.74, 6) is -1.09. The monoisotopic (exact) mass is 288 g/mol. The first kappa shape index (κ1) is 15.1. The Morgan fingerprint density at radius 3 is 2.47 bits per heavy atom. The molecular formula is C10H12N2O6S. The van der Waals surface area contributed by atoms with E-state index in [-0.39, 0.29) is 23.3 Å². The second kappa shape index (κ2) is 5.76. The maximum Gasteiger partial charge on any atom is 0.294 e. The van der Waals surface area contributed by atoms with Crippen LogP contribution < -0.4 is 5.73 Å². The van der Waals surface area contributed by atoms with Gasteiger partial charge >= 0.3 is 0 Å². The van der Waals surface area contributed by atoms with E-state index in [4.69, 9.17) is 10.3 Å². The van der Waals surface area contributed by atoms with Gasteiger partial charge in [-0.2, -0.15) is 8.42 Å². The summed E-state index contributed by atoms with van der Waals surface area (Å²) in [6, 6.07) is 3.92. The fraction of sp³-hybridized carbons (Fsp3) is 0.300. The summed E-state index contributed by atoms with van der Waals surface area (Å²) in [4.78, 5) is 20.3. The van der Waals surface area contributed by atoms with Crippen molar-refractivity contribution in [3.05, 3.63) is 39.9 Å². The van der Waals surface area contributed by atoms with Gasteiger partial charge in [0.05, 0.1) is 4.90 Å². The van der Waals surface area contributed by atoms with Crippen molar-refractivity contribution in [2.45, 2.75) is 23.8 Å². The average Bonchev–Trinajstić information content (AvgIpc) is 2.27. The van der Waals surface area contributed by atoms with Crippen LogP contribution in [0.3, 0.4) is 0 Å². The highest BCUT2D eigenvalue weighted by Gasteiger charge is 2.27. The number of amides is 1. The van der Waals surface area contributed by atoms with E-state index in [0.717, 1.165) is 0 Å². The molecule has 8 nitrogen and oxygen atoms in total. The van der Waals surface area contributed by atoms with Crippen LogP contribution in [0.25, 0.3) is 0 Å². The lowest BCUT2D eigenvalue weighted by molar-refractivity contribution is -0.508. The van der Waals surface area contributed by atoms with Crippen molar-refractivity contribution < 1.29 is 22.7 Å². The number of hydrogen-bond acceptors (Lipinski definition) is 5. The molecule has 1 amide bonds. The summed E-state index contributed by atoms with van der Waals surface area (Å²) in [5.41, 5.74) is 5.07. The Balaban J connectivity index is 2.96. The van der Waals surface area contributed by atoms with E-state index in [1.54, 1.807) is 0 Å². The molecule has 0 saturated carbocycles. The number of carbonyl (C=O) groups is 1. The van der Waals surface area contributed by atoms with E-state index in [1.165, 1.54) is 24.3 Å². The third-order valence-electron chi connectivity index (χ3n) is 2.52. The number of nitrogens with zero attached hydrogens (tertiary/aromatic N) is 1. The SMILES string of the molecule is NC(=O)C(CCc1ccccc1S(=O)(=O)O)[N+](=O)[O-]. The van der Waals surface area contributed by atoms with Crippen molar-refractivity contribution in [3.63, 3.8) is 0 Å². The van der Waals surface area contributed by atoms with Gasteiger partial charge in [0.15, 0.2) is 0 Å². The highest BCUT2D eigenvalue weighted by molar-refractivity contribution is 7.85. The molecule has 0 radical (unpaired) electrons. The topological polar surface area (TPSA) is 141 Å². The number of aryl methyl sites for hydroxylation is 1. The van der Waals surface area contributed by atoms with E-state index >= 15 is 0 Å². The first-order valence-corrected chi connectivity index (χ1v) is 6.65. The average molecular weight is 288 g/mol. The van der Waals surface area contributed by atoms with E-state index in [1.807, 2.05) is 0 Å². The van der Waals surface area contributed by atoms with Crippen molar-refractivity contribution in [3.8, 4) is 0 Å². The molecule has 1 atom stereocenters. The summed E-state index contributed by atoms with van der Waals surface area (Å²) in [7, 11) is -4.41. The maximum absolute atomic E-state index is 11.1. The zero-order valence-electron chi connectivity index (χ0n) is 9.72. The van der Waals surface area contributed by atoms with Gasteiger partial charge < -0.3 is 5.73 Å². The zero-order valence-corrected chi connectivity index (χ0v) is 10.5. The van der Waals surface area contributed by atoms with Gasteiger partial charge in [0.25, 0.3) is 22.1 Å². The molecule has 1 unspecified atom stereocenters. The Morgan fingerprint density at radius 1 is 1.42 bits per heavy atom. The minimum absolute atomic E-state index is 0.0649. The second-order valence-corrected chi connectivity index (χ2v) is 5.21. The molecule has 19 heavy (non-hydrogen) atoms. The Hall–Kier alpha value is -2.00. The molecule has 1 aromatic rings. The first-order valence-electron chi connectivity index (χ1n) is 5.21. The van der Waals surface area contributed by atoms with Crippen LogP contribution in [-0.4, -0.2) is 29.8 Å². The molecule has 0 saturated heterocycles. The van der Waals surface area contributed by atoms with Crippen LogP contribution in [-0.2, 0) is 21.3 Å². The fourth-order valence-electron chi connectivity index (χ4n) is 1.61. The van der Waals surface area contributed by atoms with Crippen molar-refractivity contribution in [1.29, 1.82) is 0 Å². The van der Waals surface area contributed by atoms with Crippen LogP contribution >= 0.6 is 0 Å². The Bertz CT molecular complexity index is 584. The molecule has 0 heterocycles. The van der Waals surface area contributed by atoms with E-state index in [9.17, 15) is 23.3 Å². The Labute approximate surface area is 109 Å². The van der Waals surface area contributed by atoms with Crippen molar-refractivity contribution in [1.82, 2.24) is 0 Å². The van der Waals surface area contributed by atoms with E-state index in [2.05, 4.69) is 0 Å². The molecule has 0 aliphatic carbocycles. The summed E-state index contributed by atoms with van der Waals surface area (Å²) in [5, 5.41) is 10.6. The number of primary amides is 1. The van der Waals surface area contributed by atoms with Gasteiger partial charge in [-0.3, -0.25) is 19.5 Å². The quantitative estimate of drug-likeness (QED) is 0.428. The van der Waals surface area contributed by atoms with Gasteiger partial charge in [-0.1, -0.05) is 18.2 Å². The molecule has 104 valence electrons. The van der Waals surface area contributed by atoms with Crippen LogP contribution in [0, 0.1) is 10.1 Å². The number of carbonyl (C=O) groups excluding carboxylic acids is 1. The maximum atomic E-state index is 11.1. The standard InChI is InChI=1S/C10H12N2O6S/c11-10(13)8(12(14)15)6-5-7-3-1-2-4-9(7)19(16,17)18/h1-4,8H,5-6H2,(H2,11,13)(H,16,17,18). The summed E-state index contributed by atoms with van der Waals surface area (Å²) in [6.07, 6.45) is -0.306. The third-order valence-corrected chi connectivity index (χ3v) is 3.47. The van der Waals surface area contributed by atoms with Gasteiger partial charge in [-0.05, 0) is 18.1 Å². The van der Waals surface area contributed by atoms with Crippen LogP contribution in [0.2, 0.25) is 0 Å². The second-order valence-electron chi connectivity index (χ2n) is 3.82. The van der Waals surface area contributed by atoms with Crippen LogP contribution in [0.1, 0.15) is 12.0 Å². The molecule has 1 aromatic carbocycles. The lowest BCUT2D eigenvalue weighted by Crippen LogP contribution is -2.35. The highest BCUT2D eigenvalue weighted by atomic mass is 32.2. The molecule has 0 aromatic heterocycles. The number of rotatable bonds is 6. The number of hydrogen-bond donors (Lipinski definition) is 2. The molecular weight excluding hydrogens is 276 g/mol. The molecule has 0 bridgehead atoms. The number of benzene rings is 1.